The summed E-state index contributed by atoms with van der Waals surface area (Å²) < 4.78 is 39.7. The number of rotatable bonds is 4. The maximum absolute atomic E-state index is 14.3. The van der Waals surface area contributed by atoms with Gasteiger partial charge in [0.1, 0.15) is 5.82 Å². The maximum Gasteiger partial charge on any atom is 0.269 e. The summed E-state index contributed by atoms with van der Waals surface area (Å²) in [6.07, 6.45) is 0.0457. The Morgan fingerprint density at radius 1 is 1.00 bits per heavy atom. The van der Waals surface area contributed by atoms with E-state index in [4.69, 9.17) is 15.2 Å². The van der Waals surface area contributed by atoms with Gasteiger partial charge in [0.25, 0.3) is 6.43 Å². The van der Waals surface area contributed by atoms with Crippen molar-refractivity contribution >= 4 is 17.7 Å². The summed E-state index contributed by atoms with van der Waals surface area (Å²) >= 11 is 0. The second-order valence-corrected chi connectivity index (χ2v) is 7.47. The number of nitrogen functional groups attached to an aromatic ring is 1. The Hall–Kier alpha value is -2.66. The molecule has 2 aromatic heterocycles. The molecule has 2 saturated heterocycles. The molecule has 0 amide bonds. The molecule has 4 rings (SSSR count). The largest absolute Gasteiger partial charge is 0.377 e. The van der Waals surface area contributed by atoms with E-state index in [1.165, 1.54) is 12.4 Å². The zero-order valence-electron chi connectivity index (χ0n) is 17.0. The van der Waals surface area contributed by atoms with Gasteiger partial charge in [-0.3, -0.25) is 0 Å². The maximum atomic E-state index is 14.3. The third-order valence-corrected chi connectivity index (χ3v) is 5.34. The van der Waals surface area contributed by atoms with Gasteiger partial charge in [0, 0.05) is 31.0 Å². The molecule has 0 aromatic carbocycles. The highest BCUT2D eigenvalue weighted by molar-refractivity contribution is 5.71. The molecule has 0 radical (unpaired) electrons. The minimum Gasteiger partial charge on any atom is -0.377 e. The average molecular weight is 421 g/mol. The van der Waals surface area contributed by atoms with E-state index in [0.29, 0.717) is 51.0 Å². The van der Waals surface area contributed by atoms with Gasteiger partial charge < -0.3 is 25.0 Å². The van der Waals surface area contributed by atoms with Crippen molar-refractivity contribution in [2.45, 2.75) is 32.4 Å². The minimum absolute atomic E-state index is 0.0154. The van der Waals surface area contributed by atoms with Gasteiger partial charge in [-0.1, -0.05) is 0 Å². The number of ether oxygens (including phenoxy) is 2. The van der Waals surface area contributed by atoms with Crippen LogP contribution in [0.3, 0.4) is 0 Å². The summed E-state index contributed by atoms with van der Waals surface area (Å²) in [5.41, 5.74) is 5.83. The van der Waals surface area contributed by atoms with Gasteiger partial charge in [0.05, 0.1) is 49.8 Å². The van der Waals surface area contributed by atoms with Crippen LogP contribution in [0.5, 0.6) is 0 Å². The highest BCUT2D eigenvalue weighted by Crippen LogP contribution is 2.38. The van der Waals surface area contributed by atoms with Crippen molar-refractivity contribution in [1.82, 2.24) is 19.9 Å². The van der Waals surface area contributed by atoms with Gasteiger partial charge in [-0.05, 0) is 13.8 Å². The summed E-state index contributed by atoms with van der Waals surface area (Å²) in [6.45, 7) is 6.89. The van der Waals surface area contributed by atoms with Crippen LogP contribution >= 0.6 is 0 Å². The first-order valence-corrected chi connectivity index (χ1v) is 9.92. The third-order valence-electron chi connectivity index (χ3n) is 5.34. The van der Waals surface area contributed by atoms with E-state index < -0.39 is 6.43 Å². The standard InChI is InChI=1S/C19H25F2N7O2/c1-11-9-29-5-3-27(11)17-14(16(20)21)15(13-7-23-18(22)24-8-13)25-19(26-17)28-4-6-30-10-12(28)2/h7-8,11-12,16H,3-6,9-10H2,1-2H3,(H2,22,23,24)/t11-,12-/m0/s1. The van der Waals surface area contributed by atoms with Crippen LogP contribution < -0.4 is 15.5 Å². The number of halogens is 2. The Labute approximate surface area is 173 Å². The molecule has 11 heteroatoms. The lowest BCUT2D eigenvalue weighted by molar-refractivity contribution is 0.0963. The molecule has 2 N–H and O–H groups in total. The van der Waals surface area contributed by atoms with Gasteiger partial charge in [0.15, 0.2) is 0 Å². The summed E-state index contributed by atoms with van der Waals surface area (Å²) in [5, 5.41) is 0. The molecule has 0 spiro atoms. The quantitative estimate of drug-likeness (QED) is 0.793. The van der Waals surface area contributed by atoms with Gasteiger partial charge in [-0.15, -0.1) is 0 Å². The van der Waals surface area contributed by atoms with E-state index in [2.05, 4.69) is 19.9 Å². The van der Waals surface area contributed by atoms with Gasteiger partial charge >= 0.3 is 0 Å². The molecule has 30 heavy (non-hydrogen) atoms. The van der Waals surface area contributed by atoms with Crippen molar-refractivity contribution in [2.24, 2.45) is 0 Å². The number of nitrogens with zero attached hydrogens (tertiary/aromatic N) is 6. The normalized spacial score (nSPS) is 22.6. The van der Waals surface area contributed by atoms with Crippen LogP contribution in [0, 0.1) is 0 Å². The Balaban J connectivity index is 1.91. The number of hydrogen-bond acceptors (Lipinski definition) is 9. The van der Waals surface area contributed by atoms with Crippen LogP contribution in [-0.4, -0.2) is 71.5 Å². The molecule has 0 aliphatic carbocycles. The summed E-state index contributed by atoms with van der Waals surface area (Å²) in [4.78, 5) is 21.0. The SMILES string of the molecule is C[C@H]1COCCN1c1nc(-c2cnc(N)nc2)c(C(F)F)c(N2CCOC[C@@H]2C)n1. The highest BCUT2D eigenvalue weighted by Gasteiger charge is 2.32. The van der Waals surface area contributed by atoms with E-state index in [0.717, 1.165) is 0 Å². The molecule has 2 atom stereocenters. The van der Waals surface area contributed by atoms with Gasteiger partial charge in [0.2, 0.25) is 11.9 Å². The molecule has 0 saturated carbocycles. The zero-order chi connectivity index (χ0) is 21.3. The van der Waals surface area contributed by atoms with Gasteiger partial charge in [-0.25, -0.2) is 23.7 Å². The molecule has 4 heterocycles. The predicted molar refractivity (Wildman–Crippen MR) is 108 cm³/mol. The molecule has 0 unspecified atom stereocenters. The van der Waals surface area contributed by atoms with Crippen LogP contribution in [0.4, 0.5) is 26.5 Å². The molecule has 2 fully saturated rings. The Morgan fingerprint density at radius 2 is 1.60 bits per heavy atom. The van der Waals surface area contributed by atoms with Crippen molar-refractivity contribution < 1.29 is 18.3 Å². The number of hydrogen-bond donors (Lipinski definition) is 1. The van der Waals surface area contributed by atoms with Crippen molar-refractivity contribution in [3.63, 3.8) is 0 Å². The van der Waals surface area contributed by atoms with Crippen LogP contribution in [0.25, 0.3) is 11.3 Å². The second kappa shape index (κ2) is 8.60. The molecular formula is C19H25F2N7O2. The Morgan fingerprint density at radius 3 is 2.17 bits per heavy atom. The van der Waals surface area contributed by atoms with Crippen LogP contribution in [0.15, 0.2) is 12.4 Å². The van der Waals surface area contributed by atoms with Crippen LogP contribution in [0.2, 0.25) is 0 Å². The Kier molecular flexibility index (Phi) is 5.91. The van der Waals surface area contributed by atoms with Crippen molar-refractivity contribution in [3.8, 4) is 11.3 Å². The van der Waals surface area contributed by atoms with Crippen molar-refractivity contribution in [3.05, 3.63) is 18.0 Å². The van der Waals surface area contributed by atoms with E-state index in [1.807, 2.05) is 23.6 Å². The van der Waals surface area contributed by atoms with Crippen LogP contribution in [-0.2, 0) is 9.47 Å². The summed E-state index contributed by atoms with van der Waals surface area (Å²) in [5.74, 6) is 0.669. The van der Waals surface area contributed by atoms with E-state index in [9.17, 15) is 8.78 Å². The minimum atomic E-state index is -2.78. The zero-order valence-corrected chi connectivity index (χ0v) is 17.0. The number of aromatic nitrogens is 4. The highest BCUT2D eigenvalue weighted by atomic mass is 19.3. The summed E-state index contributed by atoms with van der Waals surface area (Å²) in [6, 6.07) is -0.0849. The van der Waals surface area contributed by atoms with Crippen molar-refractivity contribution in [2.75, 3.05) is 55.1 Å². The number of anilines is 3. The number of nitrogens with two attached hydrogens (primary N) is 1. The first kappa shape index (κ1) is 20.6. The lowest BCUT2D eigenvalue weighted by Crippen LogP contribution is -2.46. The lowest BCUT2D eigenvalue weighted by atomic mass is 10.1. The fourth-order valence-corrected chi connectivity index (χ4v) is 3.74. The molecule has 0 bridgehead atoms. The molecule has 2 aliphatic rings. The smallest absolute Gasteiger partial charge is 0.269 e. The lowest BCUT2D eigenvalue weighted by Gasteiger charge is -2.38. The fourth-order valence-electron chi connectivity index (χ4n) is 3.74. The molecular weight excluding hydrogens is 396 g/mol. The molecule has 2 aliphatic heterocycles. The third kappa shape index (κ3) is 3.99. The average Bonchev–Trinajstić information content (AvgIpc) is 2.74. The first-order chi connectivity index (χ1) is 14.5. The fraction of sp³-hybridized carbons (Fsp3) is 0.579. The molecule has 9 nitrogen and oxygen atoms in total. The topological polar surface area (TPSA) is 103 Å². The van der Waals surface area contributed by atoms with Gasteiger partial charge in [-0.2, -0.15) is 4.98 Å². The predicted octanol–water partition coefficient (Wildman–Crippen LogP) is 1.90. The Bertz CT molecular complexity index is 884. The number of alkyl halides is 2. The first-order valence-electron chi connectivity index (χ1n) is 9.92. The van der Waals surface area contributed by atoms with E-state index in [1.54, 1.807) is 0 Å². The van der Waals surface area contributed by atoms with Crippen molar-refractivity contribution in [1.29, 1.82) is 0 Å². The summed E-state index contributed by atoms with van der Waals surface area (Å²) in [7, 11) is 0. The number of morpholine rings is 2. The van der Waals surface area contributed by atoms with Crippen LogP contribution in [0.1, 0.15) is 25.8 Å². The second-order valence-electron chi connectivity index (χ2n) is 7.47. The molecule has 2 aromatic rings. The van der Waals surface area contributed by atoms with E-state index in [-0.39, 0.29) is 35.1 Å². The van der Waals surface area contributed by atoms with E-state index >= 15 is 0 Å². The monoisotopic (exact) mass is 421 g/mol. The molecule has 162 valence electrons.